The first-order chi connectivity index (χ1) is 15.8. The molecule has 0 aliphatic heterocycles. The molecule has 0 fully saturated rings. The Bertz CT molecular complexity index is 1220. The van der Waals surface area contributed by atoms with Crippen molar-refractivity contribution in [2.75, 3.05) is 13.1 Å². The summed E-state index contributed by atoms with van der Waals surface area (Å²) in [5.41, 5.74) is 3.61. The Morgan fingerprint density at radius 2 is 1.94 bits per heavy atom. The highest BCUT2D eigenvalue weighted by atomic mass is 16.3. The lowest BCUT2D eigenvalue weighted by Crippen LogP contribution is -2.37. The molecule has 1 N–H and O–H groups in total. The van der Waals surface area contributed by atoms with Crippen molar-refractivity contribution < 1.29 is 9.21 Å². The van der Waals surface area contributed by atoms with Crippen LogP contribution in [0.4, 0.5) is 0 Å². The number of para-hydroxylation sites is 1. The lowest BCUT2D eigenvalue weighted by Gasteiger charge is -2.28. The third-order valence-electron chi connectivity index (χ3n) is 6.28. The molecule has 1 aliphatic carbocycles. The molecule has 5 rings (SSSR count). The van der Waals surface area contributed by atoms with Crippen LogP contribution in [0.1, 0.15) is 35.3 Å². The van der Waals surface area contributed by atoms with Gasteiger partial charge in [0.2, 0.25) is 0 Å². The predicted octanol–water partition coefficient (Wildman–Crippen LogP) is 5.86. The fourth-order valence-electron chi connectivity index (χ4n) is 4.55. The summed E-state index contributed by atoms with van der Waals surface area (Å²) in [4.78, 5) is 23.3. The lowest BCUT2D eigenvalue weighted by atomic mass is 9.93. The van der Waals surface area contributed by atoms with Crippen LogP contribution in [-0.4, -0.2) is 33.9 Å². The van der Waals surface area contributed by atoms with Crippen molar-refractivity contribution >= 4 is 16.8 Å². The first-order valence-corrected chi connectivity index (χ1v) is 11.3. The van der Waals surface area contributed by atoms with Crippen molar-refractivity contribution in [3.63, 3.8) is 0 Å². The molecule has 1 atom stereocenters. The molecule has 4 aromatic rings. The second kappa shape index (κ2) is 9.27. The Kier molecular flexibility index (Phi) is 5.88. The monoisotopic (exact) mass is 425 g/mol. The summed E-state index contributed by atoms with van der Waals surface area (Å²) in [6.07, 6.45) is 11.9. The molecule has 32 heavy (non-hydrogen) atoms. The van der Waals surface area contributed by atoms with E-state index >= 15 is 0 Å². The van der Waals surface area contributed by atoms with Gasteiger partial charge in [-0.05, 0) is 43.2 Å². The second-order valence-corrected chi connectivity index (χ2v) is 8.41. The number of oxazole rings is 1. The van der Waals surface area contributed by atoms with Gasteiger partial charge in [0, 0.05) is 35.8 Å². The average Bonchev–Trinajstić information content (AvgIpc) is 3.50. The molecule has 162 valence electrons. The summed E-state index contributed by atoms with van der Waals surface area (Å²) in [7, 11) is 0. The highest BCUT2D eigenvalue weighted by Gasteiger charge is 2.26. The van der Waals surface area contributed by atoms with E-state index in [-0.39, 0.29) is 5.91 Å². The molecule has 2 aromatic heterocycles. The van der Waals surface area contributed by atoms with Crippen LogP contribution in [0.15, 0.2) is 83.8 Å². The number of hydrogen-bond acceptors (Lipinski definition) is 3. The number of aromatic nitrogens is 2. The molecule has 0 saturated carbocycles. The molecule has 0 radical (unpaired) electrons. The van der Waals surface area contributed by atoms with Crippen LogP contribution < -0.4 is 0 Å². The van der Waals surface area contributed by atoms with E-state index in [4.69, 9.17) is 4.42 Å². The summed E-state index contributed by atoms with van der Waals surface area (Å²) >= 11 is 0. The van der Waals surface area contributed by atoms with Crippen molar-refractivity contribution in [1.82, 2.24) is 14.9 Å². The first-order valence-electron chi connectivity index (χ1n) is 11.3. The van der Waals surface area contributed by atoms with E-state index < -0.39 is 0 Å². The minimum Gasteiger partial charge on any atom is -0.443 e. The van der Waals surface area contributed by atoms with Gasteiger partial charge in [0.05, 0.1) is 0 Å². The fourth-order valence-corrected chi connectivity index (χ4v) is 4.55. The maximum atomic E-state index is 13.7. The van der Waals surface area contributed by atoms with Crippen molar-refractivity contribution in [2.24, 2.45) is 5.92 Å². The summed E-state index contributed by atoms with van der Waals surface area (Å²) in [5.74, 6) is 0.947. The molecule has 1 aliphatic rings. The van der Waals surface area contributed by atoms with Crippen molar-refractivity contribution in [1.29, 1.82) is 0 Å². The molecule has 5 nitrogen and oxygen atoms in total. The molecule has 0 unspecified atom stereocenters. The minimum atomic E-state index is -0.0630. The second-order valence-electron chi connectivity index (χ2n) is 8.41. The molecule has 2 heterocycles. The minimum absolute atomic E-state index is 0.0630. The Labute approximate surface area is 187 Å². The number of aromatic amines is 1. The van der Waals surface area contributed by atoms with Gasteiger partial charge in [-0.2, -0.15) is 0 Å². The number of nitrogens with zero attached hydrogens (tertiary/aromatic N) is 2. The highest BCUT2D eigenvalue weighted by Crippen LogP contribution is 2.26. The third kappa shape index (κ3) is 4.24. The van der Waals surface area contributed by atoms with Crippen LogP contribution in [0.2, 0.25) is 0 Å². The number of allylic oxidation sites excluding steroid dienone is 2. The fraction of sp³-hybridized carbons (Fsp3) is 0.259. The SMILES string of the molecule is O=C(c1ncoc1-c1ccccc1)N(CCc1c[nH]c2ccccc12)C[C@H]1CC=CCC1. The topological polar surface area (TPSA) is 62.1 Å². The van der Waals surface area contributed by atoms with E-state index in [2.05, 4.69) is 46.5 Å². The van der Waals surface area contributed by atoms with E-state index in [0.29, 0.717) is 23.9 Å². The van der Waals surface area contributed by atoms with Gasteiger partial charge in [-0.3, -0.25) is 4.79 Å². The van der Waals surface area contributed by atoms with Crippen LogP contribution in [-0.2, 0) is 6.42 Å². The lowest BCUT2D eigenvalue weighted by molar-refractivity contribution is 0.0721. The van der Waals surface area contributed by atoms with Crippen LogP contribution >= 0.6 is 0 Å². The number of benzene rings is 2. The van der Waals surface area contributed by atoms with Crippen LogP contribution in [0.25, 0.3) is 22.2 Å². The van der Waals surface area contributed by atoms with Gasteiger partial charge < -0.3 is 14.3 Å². The quantitative estimate of drug-likeness (QED) is 0.377. The maximum Gasteiger partial charge on any atom is 0.276 e. The highest BCUT2D eigenvalue weighted by molar-refractivity contribution is 5.97. The molecular weight excluding hydrogens is 398 g/mol. The zero-order valence-electron chi connectivity index (χ0n) is 18.0. The summed E-state index contributed by atoms with van der Waals surface area (Å²) in [5, 5.41) is 1.21. The van der Waals surface area contributed by atoms with Gasteiger partial charge in [0.1, 0.15) is 0 Å². The number of rotatable bonds is 7. The number of amides is 1. The van der Waals surface area contributed by atoms with E-state index in [1.54, 1.807) is 0 Å². The molecule has 5 heteroatoms. The van der Waals surface area contributed by atoms with Crippen LogP contribution in [0, 0.1) is 5.92 Å². The van der Waals surface area contributed by atoms with Crippen LogP contribution in [0.5, 0.6) is 0 Å². The van der Waals surface area contributed by atoms with Crippen molar-refractivity contribution in [3.05, 3.63) is 90.6 Å². The number of fused-ring (bicyclic) bond motifs is 1. The van der Waals surface area contributed by atoms with E-state index in [1.165, 1.54) is 17.3 Å². The maximum absolute atomic E-state index is 13.7. The van der Waals surface area contributed by atoms with Crippen molar-refractivity contribution in [2.45, 2.75) is 25.7 Å². The van der Waals surface area contributed by atoms with Gasteiger partial charge in [0.25, 0.3) is 5.91 Å². The number of carbonyl (C=O) groups excluding carboxylic acids is 1. The largest absolute Gasteiger partial charge is 0.443 e. The average molecular weight is 426 g/mol. The molecule has 1 amide bonds. The summed E-state index contributed by atoms with van der Waals surface area (Å²) in [6, 6.07) is 18.0. The smallest absolute Gasteiger partial charge is 0.276 e. The number of hydrogen-bond donors (Lipinski definition) is 1. The Balaban J connectivity index is 1.40. The Morgan fingerprint density at radius 1 is 1.09 bits per heavy atom. The Hall–Kier alpha value is -3.60. The van der Waals surface area contributed by atoms with Gasteiger partial charge in [-0.15, -0.1) is 0 Å². The molecular formula is C27H27N3O2. The van der Waals surface area contributed by atoms with Crippen LogP contribution in [0.3, 0.4) is 0 Å². The van der Waals surface area contributed by atoms with Gasteiger partial charge in [-0.25, -0.2) is 4.98 Å². The van der Waals surface area contributed by atoms with E-state index in [0.717, 1.165) is 43.3 Å². The van der Waals surface area contributed by atoms with E-state index in [9.17, 15) is 4.79 Å². The van der Waals surface area contributed by atoms with E-state index in [1.807, 2.05) is 41.3 Å². The zero-order valence-corrected chi connectivity index (χ0v) is 18.0. The zero-order chi connectivity index (χ0) is 21.8. The summed E-state index contributed by atoms with van der Waals surface area (Å²) in [6.45, 7) is 1.37. The number of carbonyl (C=O) groups is 1. The first kappa shape index (κ1) is 20.3. The molecule has 0 saturated heterocycles. The number of nitrogens with one attached hydrogen (secondary N) is 1. The van der Waals surface area contributed by atoms with Gasteiger partial charge >= 0.3 is 0 Å². The molecule has 2 aromatic carbocycles. The normalized spacial score (nSPS) is 15.8. The summed E-state index contributed by atoms with van der Waals surface area (Å²) < 4.78 is 5.65. The third-order valence-corrected chi connectivity index (χ3v) is 6.28. The van der Waals surface area contributed by atoms with Gasteiger partial charge in [-0.1, -0.05) is 60.7 Å². The Morgan fingerprint density at radius 3 is 2.78 bits per heavy atom. The predicted molar refractivity (Wildman–Crippen MR) is 126 cm³/mol. The molecule has 0 spiro atoms. The standard InChI is InChI=1S/C27H27N3O2/c31-27(25-26(32-19-29-25)21-11-5-2-6-12-21)30(18-20-9-3-1-4-10-20)16-15-22-17-28-24-14-8-7-13-23(22)24/h1-3,5-8,11-14,17,19-20,28H,4,9-10,15-16,18H2/t20-/m0/s1. The van der Waals surface area contributed by atoms with Gasteiger partial charge in [0.15, 0.2) is 17.8 Å². The van der Waals surface area contributed by atoms with Crippen molar-refractivity contribution in [3.8, 4) is 11.3 Å². The molecule has 0 bridgehead atoms. The number of H-pyrrole nitrogens is 1.